The van der Waals surface area contributed by atoms with Gasteiger partial charge < -0.3 is 10.1 Å². The molecular weight excluding hydrogens is 238 g/mol. The third-order valence-corrected chi connectivity index (χ3v) is 3.58. The lowest BCUT2D eigenvalue weighted by Crippen LogP contribution is -2.47. The largest absolute Gasteiger partial charge is 0.478 e. The zero-order valence-corrected chi connectivity index (χ0v) is 11.0. The molecule has 1 aromatic heterocycles. The van der Waals surface area contributed by atoms with Gasteiger partial charge >= 0.3 is 0 Å². The second-order valence-electron chi connectivity index (χ2n) is 4.46. The lowest BCUT2D eigenvalue weighted by molar-refractivity contribution is 0.308. The summed E-state index contributed by atoms with van der Waals surface area (Å²) >= 11 is 6.01. The Labute approximate surface area is 107 Å². The first-order valence-electron chi connectivity index (χ1n) is 6.00. The summed E-state index contributed by atoms with van der Waals surface area (Å²) in [6.07, 6.45) is 3.43. The SMILES string of the molecule is CCOc1cc(NC2(CCl)CCC2)nc(C)n1. The maximum absolute atomic E-state index is 6.01. The molecule has 1 N–H and O–H groups in total. The number of hydrogen-bond donors (Lipinski definition) is 1. The number of aromatic nitrogens is 2. The van der Waals surface area contributed by atoms with E-state index in [1.54, 1.807) is 0 Å². The van der Waals surface area contributed by atoms with Crippen molar-refractivity contribution in [3.8, 4) is 5.88 Å². The van der Waals surface area contributed by atoms with Gasteiger partial charge in [-0.15, -0.1) is 11.6 Å². The molecule has 0 atom stereocenters. The van der Waals surface area contributed by atoms with Gasteiger partial charge in [0.25, 0.3) is 0 Å². The Bertz CT molecular complexity index is 388. The molecule has 0 unspecified atom stereocenters. The maximum Gasteiger partial charge on any atom is 0.218 e. The number of anilines is 1. The molecule has 0 radical (unpaired) electrons. The third-order valence-electron chi connectivity index (χ3n) is 3.07. The van der Waals surface area contributed by atoms with Crippen molar-refractivity contribution < 1.29 is 4.74 Å². The highest BCUT2D eigenvalue weighted by atomic mass is 35.5. The van der Waals surface area contributed by atoms with Crippen molar-refractivity contribution in [2.75, 3.05) is 17.8 Å². The minimum Gasteiger partial charge on any atom is -0.478 e. The lowest BCUT2D eigenvalue weighted by Gasteiger charge is -2.41. The van der Waals surface area contributed by atoms with Crippen LogP contribution in [0.15, 0.2) is 6.07 Å². The Kier molecular flexibility index (Phi) is 3.72. The summed E-state index contributed by atoms with van der Waals surface area (Å²) in [5.41, 5.74) is 0.0197. The number of aryl methyl sites for hydroxylation is 1. The average molecular weight is 256 g/mol. The van der Waals surface area contributed by atoms with Crippen LogP contribution >= 0.6 is 11.6 Å². The van der Waals surface area contributed by atoms with E-state index in [2.05, 4.69) is 15.3 Å². The molecular formula is C12H18ClN3O. The van der Waals surface area contributed by atoms with Crippen molar-refractivity contribution in [1.82, 2.24) is 9.97 Å². The van der Waals surface area contributed by atoms with Crippen molar-refractivity contribution in [1.29, 1.82) is 0 Å². The number of rotatable bonds is 5. The van der Waals surface area contributed by atoms with Gasteiger partial charge in [0.15, 0.2) is 0 Å². The Morgan fingerprint density at radius 3 is 2.76 bits per heavy atom. The van der Waals surface area contributed by atoms with E-state index in [0.717, 1.165) is 18.7 Å². The molecule has 1 saturated carbocycles. The Morgan fingerprint density at radius 2 is 2.24 bits per heavy atom. The van der Waals surface area contributed by atoms with Crippen LogP contribution in [0.25, 0.3) is 0 Å². The Hall–Kier alpha value is -1.03. The number of hydrogen-bond acceptors (Lipinski definition) is 4. The van der Waals surface area contributed by atoms with Crippen LogP contribution in [-0.2, 0) is 0 Å². The van der Waals surface area contributed by atoms with Crippen LogP contribution in [0, 0.1) is 6.92 Å². The number of alkyl halides is 1. The predicted octanol–water partition coefficient (Wildman–Crippen LogP) is 2.76. The third kappa shape index (κ3) is 2.80. The smallest absolute Gasteiger partial charge is 0.218 e. The van der Waals surface area contributed by atoms with Gasteiger partial charge in [-0.3, -0.25) is 0 Å². The molecule has 2 rings (SSSR count). The van der Waals surface area contributed by atoms with Crippen molar-refractivity contribution in [2.24, 2.45) is 0 Å². The van der Waals surface area contributed by atoms with Crippen molar-refractivity contribution >= 4 is 17.4 Å². The topological polar surface area (TPSA) is 47.0 Å². The van der Waals surface area contributed by atoms with Crippen molar-refractivity contribution in [3.63, 3.8) is 0 Å². The first-order valence-corrected chi connectivity index (χ1v) is 6.53. The molecule has 0 aromatic carbocycles. The average Bonchev–Trinajstić information content (AvgIpc) is 2.23. The van der Waals surface area contributed by atoms with Gasteiger partial charge in [0.2, 0.25) is 5.88 Å². The quantitative estimate of drug-likeness (QED) is 0.822. The number of halogens is 1. The number of nitrogens with zero attached hydrogens (tertiary/aromatic N) is 2. The van der Waals surface area contributed by atoms with Gasteiger partial charge in [-0.25, -0.2) is 4.98 Å². The standard InChI is InChI=1S/C12H18ClN3O/c1-3-17-11-7-10(14-9(2)15-11)16-12(8-13)5-4-6-12/h7H,3-6,8H2,1-2H3,(H,14,15,16). The van der Waals surface area contributed by atoms with E-state index < -0.39 is 0 Å². The molecule has 0 bridgehead atoms. The normalized spacial score (nSPS) is 17.4. The Morgan fingerprint density at radius 1 is 1.47 bits per heavy atom. The maximum atomic E-state index is 6.01. The summed E-state index contributed by atoms with van der Waals surface area (Å²) in [5, 5.41) is 3.42. The molecule has 0 saturated heterocycles. The molecule has 1 heterocycles. The summed E-state index contributed by atoms with van der Waals surface area (Å²) in [6, 6.07) is 1.84. The molecule has 94 valence electrons. The van der Waals surface area contributed by atoms with Gasteiger partial charge in [-0.1, -0.05) is 0 Å². The molecule has 1 fully saturated rings. The van der Waals surface area contributed by atoms with Gasteiger partial charge in [0.1, 0.15) is 11.6 Å². The van der Waals surface area contributed by atoms with Gasteiger partial charge in [0, 0.05) is 11.9 Å². The monoisotopic (exact) mass is 255 g/mol. The fourth-order valence-corrected chi connectivity index (χ4v) is 2.33. The predicted molar refractivity (Wildman–Crippen MR) is 68.9 cm³/mol. The molecule has 0 spiro atoms. The number of nitrogens with one attached hydrogen (secondary N) is 1. The van der Waals surface area contributed by atoms with Crippen LogP contribution in [0.3, 0.4) is 0 Å². The van der Waals surface area contributed by atoms with Crippen LogP contribution in [0.2, 0.25) is 0 Å². The van der Waals surface area contributed by atoms with E-state index >= 15 is 0 Å². The van der Waals surface area contributed by atoms with E-state index in [9.17, 15) is 0 Å². The van der Waals surface area contributed by atoms with E-state index in [1.165, 1.54) is 6.42 Å². The van der Waals surface area contributed by atoms with Crippen LogP contribution in [0.1, 0.15) is 32.0 Å². The van der Waals surface area contributed by atoms with Crippen LogP contribution in [0.5, 0.6) is 5.88 Å². The van der Waals surface area contributed by atoms with Gasteiger partial charge in [0.05, 0.1) is 12.1 Å². The molecule has 1 aromatic rings. The summed E-state index contributed by atoms with van der Waals surface area (Å²) < 4.78 is 5.40. The van der Waals surface area contributed by atoms with Crippen LogP contribution in [0.4, 0.5) is 5.82 Å². The minimum atomic E-state index is 0.0197. The van der Waals surface area contributed by atoms with Crippen LogP contribution in [-0.4, -0.2) is 28.0 Å². The summed E-state index contributed by atoms with van der Waals surface area (Å²) in [5.74, 6) is 2.75. The molecule has 0 aliphatic heterocycles. The minimum absolute atomic E-state index is 0.0197. The number of ether oxygens (including phenoxy) is 1. The van der Waals surface area contributed by atoms with Crippen LogP contribution < -0.4 is 10.1 Å². The Balaban J connectivity index is 2.14. The summed E-state index contributed by atoms with van der Waals surface area (Å²) in [7, 11) is 0. The van der Waals surface area contributed by atoms with E-state index in [4.69, 9.17) is 16.3 Å². The molecule has 0 amide bonds. The molecule has 5 heteroatoms. The second kappa shape index (κ2) is 5.08. The van der Waals surface area contributed by atoms with E-state index in [1.807, 2.05) is 19.9 Å². The first kappa shape index (κ1) is 12.4. The van der Waals surface area contributed by atoms with Gasteiger partial charge in [-0.2, -0.15) is 4.98 Å². The lowest BCUT2D eigenvalue weighted by atomic mass is 9.78. The van der Waals surface area contributed by atoms with E-state index in [-0.39, 0.29) is 5.54 Å². The summed E-state index contributed by atoms with van der Waals surface area (Å²) in [4.78, 5) is 8.59. The first-order chi connectivity index (χ1) is 8.17. The van der Waals surface area contributed by atoms with Crippen molar-refractivity contribution in [3.05, 3.63) is 11.9 Å². The van der Waals surface area contributed by atoms with Gasteiger partial charge in [-0.05, 0) is 33.1 Å². The zero-order chi connectivity index (χ0) is 12.3. The molecule has 1 aliphatic carbocycles. The highest BCUT2D eigenvalue weighted by Gasteiger charge is 2.36. The highest BCUT2D eigenvalue weighted by molar-refractivity contribution is 6.19. The summed E-state index contributed by atoms with van der Waals surface area (Å²) in [6.45, 7) is 4.41. The second-order valence-corrected chi connectivity index (χ2v) is 4.73. The molecule has 4 nitrogen and oxygen atoms in total. The van der Waals surface area contributed by atoms with E-state index in [0.29, 0.717) is 24.2 Å². The highest BCUT2D eigenvalue weighted by Crippen LogP contribution is 2.36. The molecule has 17 heavy (non-hydrogen) atoms. The fourth-order valence-electron chi connectivity index (χ4n) is 1.99. The molecule has 1 aliphatic rings. The zero-order valence-electron chi connectivity index (χ0n) is 10.3. The fraction of sp³-hybridized carbons (Fsp3) is 0.667. The van der Waals surface area contributed by atoms with Crippen molar-refractivity contribution in [2.45, 2.75) is 38.6 Å².